The van der Waals surface area contributed by atoms with Crippen molar-refractivity contribution in [3.8, 4) is 0 Å². The number of carbonyl (C=O) groups is 1. The molecular weight excluding hydrogens is 286 g/mol. The molecule has 108 valence electrons. The first-order valence-corrected chi connectivity index (χ1v) is 7.32. The molecule has 0 spiro atoms. The van der Waals surface area contributed by atoms with E-state index in [9.17, 15) is 4.79 Å². The molecule has 0 saturated carbocycles. The minimum atomic E-state index is -0.461. The van der Waals surface area contributed by atoms with Gasteiger partial charge in [-0.3, -0.25) is 9.78 Å². The van der Waals surface area contributed by atoms with Gasteiger partial charge in [0, 0.05) is 11.8 Å². The maximum Gasteiger partial charge on any atom is 0.248 e. The van der Waals surface area contributed by atoms with E-state index < -0.39 is 5.91 Å². The van der Waals surface area contributed by atoms with Gasteiger partial charge in [-0.2, -0.15) is 0 Å². The molecule has 0 radical (unpaired) electrons. The van der Waals surface area contributed by atoms with Gasteiger partial charge in [-0.1, -0.05) is 17.7 Å². The third-order valence-corrected chi connectivity index (χ3v) is 4.11. The fraction of sp³-hybridized carbons (Fsp3) is 0.250. The van der Waals surface area contributed by atoms with Crippen molar-refractivity contribution in [1.82, 2.24) is 4.98 Å². The summed E-state index contributed by atoms with van der Waals surface area (Å²) in [7, 11) is 0. The number of amides is 1. The number of nitrogens with two attached hydrogens (primary N) is 1. The Balaban J connectivity index is 1.91. The van der Waals surface area contributed by atoms with E-state index in [2.05, 4.69) is 16.4 Å². The van der Waals surface area contributed by atoms with Crippen LogP contribution in [0.5, 0.6) is 0 Å². The molecule has 2 aromatic rings. The number of halogens is 1. The second-order valence-corrected chi connectivity index (χ2v) is 5.60. The monoisotopic (exact) mass is 301 g/mol. The number of pyridine rings is 1. The number of fused-ring (bicyclic) bond motifs is 1. The third-order valence-electron chi connectivity index (χ3n) is 3.78. The van der Waals surface area contributed by atoms with Crippen LogP contribution in [-0.4, -0.2) is 10.9 Å². The molecule has 1 aliphatic rings. The average molecular weight is 302 g/mol. The van der Waals surface area contributed by atoms with Crippen LogP contribution in [0.15, 0.2) is 36.5 Å². The molecule has 1 unspecified atom stereocenters. The van der Waals surface area contributed by atoms with Crippen LogP contribution in [-0.2, 0) is 6.42 Å². The SMILES string of the molecule is NC(=O)c1ccc(Cl)c(NC2CCCc3cccnc32)c1. The third kappa shape index (κ3) is 2.85. The van der Waals surface area contributed by atoms with E-state index in [1.807, 2.05) is 6.07 Å². The van der Waals surface area contributed by atoms with Gasteiger partial charge in [0.25, 0.3) is 0 Å². The van der Waals surface area contributed by atoms with E-state index in [-0.39, 0.29) is 6.04 Å². The lowest BCUT2D eigenvalue weighted by molar-refractivity contribution is 0.100. The lowest BCUT2D eigenvalue weighted by Gasteiger charge is -2.26. The van der Waals surface area contributed by atoms with Crippen LogP contribution >= 0.6 is 11.6 Å². The van der Waals surface area contributed by atoms with Crippen LogP contribution in [0.3, 0.4) is 0 Å². The second-order valence-electron chi connectivity index (χ2n) is 5.20. The van der Waals surface area contributed by atoms with Gasteiger partial charge in [0.1, 0.15) is 0 Å². The molecule has 0 bridgehead atoms. The van der Waals surface area contributed by atoms with E-state index in [0.717, 1.165) is 30.6 Å². The lowest BCUT2D eigenvalue weighted by Crippen LogP contribution is -2.19. The Morgan fingerprint density at radius 2 is 2.24 bits per heavy atom. The standard InChI is InChI=1S/C16H16ClN3O/c17-12-7-6-11(16(18)21)9-14(12)20-13-5-1-3-10-4-2-8-19-15(10)13/h2,4,6-9,13,20H,1,3,5H2,(H2,18,21). The van der Waals surface area contributed by atoms with Crippen molar-refractivity contribution >= 4 is 23.2 Å². The maximum atomic E-state index is 11.3. The molecule has 4 nitrogen and oxygen atoms in total. The van der Waals surface area contributed by atoms with Crippen LogP contribution in [0, 0.1) is 0 Å². The Kier molecular flexibility index (Phi) is 3.80. The molecule has 1 aromatic heterocycles. The minimum absolute atomic E-state index is 0.107. The fourth-order valence-electron chi connectivity index (χ4n) is 2.73. The summed E-state index contributed by atoms with van der Waals surface area (Å²) in [5.74, 6) is -0.461. The van der Waals surface area contributed by atoms with Gasteiger partial charge in [0.15, 0.2) is 0 Å². The zero-order chi connectivity index (χ0) is 14.8. The van der Waals surface area contributed by atoms with Crippen molar-refractivity contribution < 1.29 is 4.79 Å². The molecule has 21 heavy (non-hydrogen) atoms. The normalized spacial score (nSPS) is 17.1. The second kappa shape index (κ2) is 5.74. The summed E-state index contributed by atoms with van der Waals surface area (Å²) >= 11 is 6.21. The number of carbonyl (C=O) groups excluding carboxylic acids is 1. The highest BCUT2D eigenvalue weighted by Gasteiger charge is 2.22. The summed E-state index contributed by atoms with van der Waals surface area (Å²) in [5, 5.41) is 3.97. The highest BCUT2D eigenvalue weighted by molar-refractivity contribution is 6.33. The van der Waals surface area contributed by atoms with Crippen molar-refractivity contribution in [2.75, 3.05) is 5.32 Å². The Morgan fingerprint density at radius 3 is 3.05 bits per heavy atom. The summed E-state index contributed by atoms with van der Waals surface area (Å²) in [4.78, 5) is 15.8. The van der Waals surface area contributed by atoms with Crippen LogP contribution in [0.25, 0.3) is 0 Å². The first-order valence-electron chi connectivity index (χ1n) is 6.95. The zero-order valence-corrected chi connectivity index (χ0v) is 12.2. The number of aromatic nitrogens is 1. The van der Waals surface area contributed by atoms with E-state index in [4.69, 9.17) is 17.3 Å². The number of hydrogen-bond acceptors (Lipinski definition) is 3. The molecule has 1 heterocycles. The molecule has 3 rings (SSSR count). The Labute approximate surface area is 128 Å². The van der Waals surface area contributed by atoms with Crippen LogP contribution in [0.2, 0.25) is 5.02 Å². The van der Waals surface area contributed by atoms with E-state index in [1.54, 1.807) is 24.4 Å². The summed E-state index contributed by atoms with van der Waals surface area (Å²) in [6, 6.07) is 9.19. The summed E-state index contributed by atoms with van der Waals surface area (Å²) in [6.45, 7) is 0. The Morgan fingerprint density at radius 1 is 1.38 bits per heavy atom. The van der Waals surface area contributed by atoms with Crippen molar-refractivity contribution in [3.63, 3.8) is 0 Å². The summed E-state index contributed by atoms with van der Waals surface area (Å²) < 4.78 is 0. The molecule has 3 N–H and O–H groups in total. The van der Waals surface area contributed by atoms with Gasteiger partial charge >= 0.3 is 0 Å². The van der Waals surface area contributed by atoms with Crippen LogP contribution in [0.1, 0.15) is 40.5 Å². The number of aryl methyl sites for hydroxylation is 1. The number of hydrogen-bond donors (Lipinski definition) is 2. The molecule has 1 aromatic carbocycles. The summed E-state index contributed by atoms with van der Waals surface area (Å²) in [5.41, 5.74) is 8.81. The first-order chi connectivity index (χ1) is 10.1. The zero-order valence-electron chi connectivity index (χ0n) is 11.5. The largest absolute Gasteiger partial charge is 0.375 e. The molecule has 0 fully saturated rings. The summed E-state index contributed by atoms with van der Waals surface area (Å²) in [6.07, 6.45) is 4.95. The lowest BCUT2D eigenvalue weighted by atomic mass is 9.91. The topological polar surface area (TPSA) is 68.0 Å². The van der Waals surface area contributed by atoms with Crippen molar-refractivity contribution in [2.45, 2.75) is 25.3 Å². The van der Waals surface area contributed by atoms with Gasteiger partial charge < -0.3 is 11.1 Å². The predicted octanol–water partition coefficient (Wildman–Crippen LogP) is 3.32. The van der Waals surface area contributed by atoms with E-state index in [0.29, 0.717) is 10.6 Å². The fourth-order valence-corrected chi connectivity index (χ4v) is 2.90. The minimum Gasteiger partial charge on any atom is -0.375 e. The van der Waals surface area contributed by atoms with Crippen LogP contribution < -0.4 is 11.1 Å². The van der Waals surface area contributed by atoms with Gasteiger partial charge in [-0.25, -0.2) is 0 Å². The number of rotatable bonds is 3. The molecule has 0 saturated heterocycles. The number of nitrogens with one attached hydrogen (secondary N) is 1. The van der Waals surface area contributed by atoms with Gasteiger partial charge in [0.2, 0.25) is 5.91 Å². The average Bonchev–Trinajstić information content (AvgIpc) is 2.49. The molecule has 0 aliphatic heterocycles. The molecule has 5 heteroatoms. The van der Waals surface area contributed by atoms with Gasteiger partial charge in [0.05, 0.1) is 22.4 Å². The quantitative estimate of drug-likeness (QED) is 0.914. The number of anilines is 1. The maximum absolute atomic E-state index is 11.3. The Hall–Kier alpha value is -2.07. The number of primary amides is 1. The highest BCUT2D eigenvalue weighted by Crippen LogP contribution is 2.33. The molecule has 1 amide bonds. The van der Waals surface area contributed by atoms with Crippen molar-refractivity contribution in [3.05, 3.63) is 58.4 Å². The smallest absolute Gasteiger partial charge is 0.248 e. The van der Waals surface area contributed by atoms with E-state index in [1.165, 1.54) is 5.56 Å². The number of nitrogens with zero attached hydrogens (tertiary/aromatic N) is 1. The number of benzene rings is 1. The first kappa shape index (κ1) is 13.9. The predicted molar refractivity (Wildman–Crippen MR) is 83.5 cm³/mol. The molecule has 1 aliphatic carbocycles. The van der Waals surface area contributed by atoms with Gasteiger partial charge in [-0.15, -0.1) is 0 Å². The molecule has 1 atom stereocenters. The van der Waals surface area contributed by atoms with Gasteiger partial charge in [-0.05, 0) is 49.1 Å². The van der Waals surface area contributed by atoms with Crippen molar-refractivity contribution in [2.24, 2.45) is 5.73 Å². The molecular formula is C16H16ClN3O. The van der Waals surface area contributed by atoms with Crippen LogP contribution in [0.4, 0.5) is 5.69 Å². The highest BCUT2D eigenvalue weighted by atomic mass is 35.5. The Bertz CT molecular complexity index is 687. The van der Waals surface area contributed by atoms with E-state index >= 15 is 0 Å². The van der Waals surface area contributed by atoms with Crippen molar-refractivity contribution in [1.29, 1.82) is 0 Å².